The molecule has 10 heteroatoms. The molecule has 1 aliphatic heterocycles. The zero-order valence-corrected chi connectivity index (χ0v) is 19.1. The third kappa shape index (κ3) is 4.85. The summed E-state index contributed by atoms with van der Waals surface area (Å²) in [6.07, 6.45) is 1.12. The van der Waals surface area contributed by atoms with E-state index in [9.17, 15) is 9.59 Å². The van der Waals surface area contributed by atoms with Gasteiger partial charge in [0.2, 0.25) is 0 Å². The van der Waals surface area contributed by atoms with Gasteiger partial charge >= 0.3 is 6.09 Å². The number of methoxy groups -OCH3 is 2. The van der Waals surface area contributed by atoms with Crippen LogP contribution in [0.3, 0.4) is 0 Å². The van der Waals surface area contributed by atoms with Crippen LogP contribution in [0.25, 0.3) is 0 Å². The molecule has 2 amide bonds. The molecule has 176 valence electrons. The van der Waals surface area contributed by atoms with Crippen molar-refractivity contribution in [3.63, 3.8) is 0 Å². The van der Waals surface area contributed by atoms with E-state index >= 15 is 0 Å². The van der Waals surface area contributed by atoms with Gasteiger partial charge in [-0.1, -0.05) is 19.1 Å². The first-order valence-electron chi connectivity index (χ1n) is 10.7. The zero-order chi connectivity index (χ0) is 24.1. The zero-order valence-electron chi connectivity index (χ0n) is 19.1. The van der Waals surface area contributed by atoms with E-state index in [1.165, 1.54) is 5.01 Å². The fourth-order valence-corrected chi connectivity index (χ4v) is 3.59. The molecule has 3 aromatic rings. The van der Waals surface area contributed by atoms with Gasteiger partial charge in [0.1, 0.15) is 17.5 Å². The normalized spacial score (nSPS) is 15.4. The largest absolute Gasteiger partial charge is 0.493 e. The molecule has 0 bridgehead atoms. The van der Waals surface area contributed by atoms with E-state index in [4.69, 9.17) is 14.2 Å². The van der Waals surface area contributed by atoms with E-state index in [1.807, 2.05) is 25.1 Å². The number of hydrogen-bond acceptors (Lipinski definition) is 7. The summed E-state index contributed by atoms with van der Waals surface area (Å²) in [5.41, 5.74) is 3.00. The second-order valence-electron chi connectivity index (χ2n) is 7.51. The highest BCUT2D eigenvalue weighted by molar-refractivity contribution is 6.06. The lowest BCUT2D eigenvalue weighted by atomic mass is 10.0. The van der Waals surface area contributed by atoms with Gasteiger partial charge in [0, 0.05) is 17.4 Å². The first kappa shape index (κ1) is 22.8. The summed E-state index contributed by atoms with van der Waals surface area (Å²) in [6.45, 7) is 2.09. The molecule has 10 nitrogen and oxygen atoms in total. The molecule has 0 spiro atoms. The maximum absolute atomic E-state index is 12.7. The van der Waals surface area contributed by atoms with E-state index in [-0.39, 0.29) is 18.1 Å². The highest BCUT2D eigenvalue weighted by Gasteiger charge is 2.31. The van der Waals surface area contributed by atoms with E-state index in [0.717, 1.165) is 11.1 Å². The predicted octanol–water partition coefficient (Wildman–Crippen LogP) is 3.81. The fraction of sp³-hybridized carbons (Fsp3) is 0.250. The Bertz CT molecular complexity index is 1210. The van der Waals surface area contributed by atoms with Crippen molar-refractivity contribution < 1.29 is 23.8 Å². The third-order valence-electron chi connectivity index (χ3n) is 5.29. The number of nitrogens with one attached hydrogen (secondary N) is 2. The Morgan fingerprint density at radius 1 is 1.15 bits per heavy atom. The van der Waals surface area contributed by atoms with Crippen molar-refractivity contribution in [3.05, 3.63) is 71.5 Å². The third-order valence-corrected chi connectivity index (χ3v) is 5.29. The molecule has 4 rings (SSSR count). The highest BCUT2D eigenvalue weighted by Crippen LogP contribution is 2.30. The number of H-pyrrole nitrogens is 1. The molecule has 0 fully saturated rings. The average molecular weight is 463 g/mol. The van der Waals surface area contributed by atoms with Gasteiger partial charge in [-0.25, -0.2) is 4.79 Å². The predicted molar refractivity (Wildman–Crippen MR) is 125 cm³/mol. The van der Waals surface area contributed by atoms with E-state index in [2.05, 4.69) is 20.6 Å². The van der Waals surface area contributed by atoms with Gasteiger partial charge in [0.15, 0.2) is 11.5 Å². The Morgan fingerprint density at radius 3 is 2.68 bits per heavy atom. The topological polar surface area (TPSA) is 118 Å². The van der Waals surface area contributed by atoms with Crippen molar-refractivity contribution in [3.8, 4) is 11.5 Å². The Labute approximate surface area is 196 Å². The van der Waals surface area contributed by atoms with Gasteiger partial charge in [-0.2, -0.15) is 15.2 Å². The standard InChI is InChI=1S/C24H25N5O5/c1-4-19-22(16-8-9-20(32-2)21(13-16)33-3)28-29(24(31)34-19)14-15-6-5-7-17(12-15)26-23(30)18-10-11-25-27-18/h5-13,19H,4,14H2,1-3H3,(H,25,27)(H,26,30). The van der Waals surface area contributed by atoms with Crippen molar-refractivity contribution in [1.29, 1.82) is 0 Å². The lowest BCUT2D eigenvalue weighted by Gasteiger charge is -2.29. The molecule has 1 aliphatic rings. The van der Waals surface area contributed by atoms with Crippen molar-refractivity contribution in [1.82, 2.24) is 15.2 Å². The van der Waals surface area contributed by atoms with Gasteiger partial charge in [-0.15, -0.1) is 0 Å². The number of anilines is 1. The second-order valence-corrected chi connectivity index (χ2v) is 7.51. The summed E-state index contributed by atoms with van der Waals surface area (Å²) in [4.78, 5) is 24.9. The van der Waals surface area contributed by atoms with Crippen LogP contribution >= 0.6 is 0 Å². The van der Waals surface area contributed by atoms with Crippen LogP contribution < -0.4 is 14.8 Å². The number of hydrazone groups is 1. The summed E-state index contributed by atoms with van der Waals surface area (Å²) >= 11 is 0. The number of benzene rings is 2. The number of nitrogens with zero attached hydrogens (tertiary/aromatic N) is 3. The van der Waals surface area contributed by atoms with Crippen molar-refractivity contribution in [2.75, 3.05) is 19.5 Å². The number of carbonyl (C=O) groups is 2. The van der Waals surface area contributed by atoms with Crippen LogP contribution in [0.5, 0.6) is 11.5 Å². The molecule has 1 aromatic heterocycles. The van der Waals surface area contributed by atoms with Crippen LogP contribution in [-0.2, 0) is 11.3 Å². The number of rotatable bonds is 8. The first-order chi connectivity index (χ1) is 16.5. The van der Waals surface area contributed by atoms with Gasteiger partial charge in [-0.3, -0.25) is 9.89 Å². The molecule has 2 N–H and O–H groups in total. The Hall–Kier alpha value is -4.34. The number of carbonyl (C=O) groups excluding carboxylic acids is 2. The smallest absolute Gasteiger partial charge is 0.431 e. The number of aromatic amines is 1. The summed E-state index contributed by atoms with van der Waals surface area (Å²) in [6, 6.07) is 14.2. The molecular formula is C24H25N5O5. The lowest BCUT2D eigenvalue weighted by Crippen LogP contribution is -2.41. The minimum atomic E-state index is -0.540. The number of amides is 2. The molecule has 2 aromatic carbocycles. The summed E-state index contributed by atoms with van der Waals surface area (Å²) in [7, 11) is 3.13. The molecule has 2 heterocycles. The maximum Gasteiger partial charge on any atom is 0.431 e. The van der Waals surface area contributed by atoms with Gasteiger partial charge in [0.05, 0.1) is 20.8 Å². The Morgan fingerprint density at radius 2 is 1.97 bits per heavy atom. The molecule has 1 atom stereocenters. The summed E-state index contributed by atoms with van der Waals surface area (Å²) < 4.78 is 16.4. The minimum Gasteiger partial charge on any atom is -0.493 e. The minimum absolute atomic E-state index is 0.165. The monoisotopic (exact) mass is 463 g/mol. The lowest BCUT2D eigenvalue weighted by molar-refractivity contribution is 0.0712. The van der Waals surface area contributed by atoms with E-state index in [0.29, 0.717) is 29.3 Å². The van der Waals surface area contributed by atoms with Crippen molar-refractivity contribution in [2.24, 2.45) is 5.10 Å². The van der Waals surface area contributed by atoms with E-state index in [1.54, 1.807) is 50.7 Å². The molecule has 34 heavy (non-hydrogen) atoms. The number of ether oxygens (including phenoxy) is 3. The molecule has 0 saturated heterocycles. The van der Waals surface area contributed by atoms with Crippen LogP contribution in [0.4, 0.5) is 10.5 Å². The quantitative estimate of drug-likeness (QED) is 0.524. The molecule has 0 saturated carbocycles. The van der Waals surface area contributed by atoms with Gasteiger partial charge in [0.25, 0.3) is 5.91 Å². The van der Waals surface area contributed by atoms with E-state index < -0.39 is 12.2 Å². The SMILES string of the molecule is CCC1OC(=O)N(Cc2cccc(NC(=O)c3cc[nH]n3)c2)N=C1c1ccc(OC)c(OC)c1. The summed E-state index contributed by atoms with van der Waals surface area (Å²) in [5.74, 6) is 0.815. The molecular weight excluding hydrogens is 438 g/mol. The molecule has 0 aliphatic carbocycles. The second kappa shape index (κ2) is 10.1. The van der Waals surface area contributed by atoms with Gasteiger partial charge < -0.3 is 19.5 Å². The Balaban J connectivity index is 1.58. The molecule has 1 unspecified atom stereocenters. The van der Waals surface area contributed by atoms with Crippen LogP contribution in [0.1, 0.15) is 35.0 Å². The fourth-order valence-electron chi connectivity index (χ4n) is 3.59. The van der Waals surface area contributed by atoms with Crippen molar-refractivity contribution in [2.45, 2.75) is 26.0 Å². The average Bonchev–Trinajstić information content (AvgIpc) is 3.40. The van der Waals surface area contributed by atoms with Crippen LogP contribution in [-0.4, -0.2) is 53.2 Å². The summed E-state index contributed by atoms with van der Waals surface area (Å²) in [5, 5.41) is 15.2. The molecule has 0 radical (unpaired) electrons. The van der Waals surface area contributed by atoms with Gasteiger partial charge in [-0.05, 0) is 48.4 Å². The number of hydrogen-bond donors (Lipinski definition) is 2. The highest BCUT2D eigenvalue weighted by atomic mass is 16.6. The van der Waals surface area contributed by atoms with Crippen LogP contribution in [0, 0.1) is 0 Å². The van der Waals surface area contributed by atoms with Crippen LogP contribution in [0.2, 0.25) is 0 Å². The Kier molecular flexibility index (Phi) is 6.77. The number of aromatic nitrogens is 2. The first-order valence-corrected chi connectivity index (χ1v) is 10.7. The van der Waals surface area contributed by atoms with Crippen LogP contribution in [0.15, 0.2) is 59.8 Å². The maximum atomic E-state index is 12.7. The number of cyclic esters (lactones) is 1. The van der Waals surface area contributed by atoms with Crippen molar-refractivity contribution >= 4 is 23.4 Å².